The third-order valence-corrected chi connectivity index (χ3v) is 3.16. The molecule has 1 amide bonds. The van der Waals surface area contributed by atoms with Gasteiger partial charge in [-0.3, -0.25) is 4.79 Å². The third kappa shape index (κ3) is 4.89. The molecule has 0 fully saturated rings. The molecule has 0 atom stereocenters. The van der Waals surface area contributed by atoms with E-state index < -0.39 is 0 Å². The van der Waals surface area contributed by atoms with Crippen LogP contribution in [-0.4, -0.2) is 30.9 Å². The number of aromatic hydroxyl groups is 1. The Labute approximate surface area is 138 Å². The average Bonchev–Trinajstić information content (AvgIpc) is 2.54. The summed E-state index contributed by atoms with van der Waals surface area (Å²) in [6.45, 7) is 0.0434. The number of phenols is 1. The number of nitrogens with zero attached hydrogens (tertiary/aromatic N) is 1. The van der Waals surface area contributed by atoms with Crippen LogP contribution in [0.4, 0.5) is 5.69 Å². The number of carbonyl (C=O) groups is 1. The van der Waals surface area contributed by atoms with Crippen LogP contribution in [0, 0.1) is 0 Å². The molecule has 0 saturated heterocycles. The zero-order chi connectivity index (χ0) is 16.7. The van der Waals surface area contributed by atoms with E-state index in [0.717, 1.165) is 5.69 Å². The number of halogens is 1. The van der Waals surface area contributed by atoms with Gasteiger partial charge in [0, 0.05) is 16.3 Å². The summed E-state index contributed by atoms with van der Waals surface area (Å²) in [5, 5.41) is 17.2. The topological polar surface area (TPSA) is 83.0 Å². The van der Waals surface area contributed by atoms with Crippen LogP contribution in [0.25, 0.3) is 0 Å². The molecule has 2 aromatic carbocycles. The molecule has 0 spiro atoms. The van der Waals surface area contributed by atoms with Gasteiger partial charge >= 0.3 is 0 Å². The molecule has 0 aliphatic rings. The Bertz CT molecular complexity index is 719. The lowest BCUT2D eigenvalue weighted by Gasteiger charge is -2.06. The summed E-state index contributed by atoms with van der Waals surface area (Å²) >= 11 is 5.85. The first kappa shape index (κ1) is 16.6. The summed E-state index contributed by atoms with van der Waals surface area (Å²) in [5.41, 5.74) is 3.54. The van der Waals surface area contributed by atoms with Gasteiger partial charge in [0.1, 0.15) is 0 Å². The number of para-hydroxylation sites is 1. The van der Waals surface area contributed by atoms with Crippen LogP contribution in [0.3, 0.4) is 0 Å². The Morgan fingerprint density at radius 1 is 1.35 bits per heavy atom. The molecular formula is C16H16ClN3O3. The van der Waals surface area contributed by atoms with Crippen LogP contribution in [0.15, 0.2) is 47.6 Å². The number of hydrogen-bond acceptors (Lipinski definition) is 5. The molecule has 7 heteroatoms. The molecule has 0 saturated carbocycles. The summed E-state index contributed by atoms with van der Waals surface area (Å²) in [6, 6.07) is 12.0. The predicted octanol–water partition coefficient (Wildman–Crippen LogP) is 2.62. The number of amides is 1. The number of phenolic OH excluding ortho intramolecular Hbond substituents is 1. The van der Waals surface area contributed by atoms with Crippen molar-refractivity contribution in [1.82, 2.24) is 5.43 Å². The van der Waals surface area contributed by atoms with E-state index in [1.807, 2.05) is 0 Å². The minimum Gasteiger partial charge on any atom is -0.504 e. The van der Waals surface area contributed by atoms with Crippen molar-refractivity contribution in [1.29, 1.82) is 0 Å². The maximum Gasteiger partial charge on any atom is 0.259 e. The average molecular weight is 334 g/mol. The van der Waals surface area contributed by atoms with Gasteiger partial charge in [0.05, 0.1) is 19.9 Å². The Balaban J connectivity index is 1.87. The maximum atomic E-state index is 11.7. The molecule has 0 heterocycles. The van der Waals surface area contributed by atoms with E-state index >= 15 is 0 Å². The molecule has 3 N–H and O–H groups in total. The Morgan fingerprint density at radius 3 is 2.87 bits per heavy atom. The lowest BCUT2D eigenvalue weighted by Crippen LogP contribution is -2.25. The first-order valence-corrected chi connectivity index (χ1v) is 7.15. The number of nitrogens with one attached hydrogen (secondary N) is 2. The van der Waals surface area contributed by atoms with Gasteiger partial charge in [-0.25, -0.2) is 5.43 Å². The van der Waals surface area contributed by atoms with Gasteiger partial charge in [-0.15, -0.1) is 0 Å². The summed E-state index contributed by atoms with van der Waals surface area (Å²) in [7, 11) is 1.46. The summed E-state index contributed by atoms with van der Waals surface area (Å²) in [6.07, 6.45) is 1.34. The summed E-state index contributed by atoms with van der Waals surface area (Å²) in [5.74, 6) is -0.0310. The fourth-order valence-corrected chi connectivity index (χ4v) is 1.99. The van der Waals surface area contributed by atoms with Crippen LogP contribution in [0.5, 0.6) is 11.5 Å². The molecule has 0 aliphatic carbocycles. The number of ether oxygens (including phenoxy) is 1. The first-order valence-electron chi connectivity index (χ1n) is 6.77. The largest absolute Gasteiger partial charge is 0.504 e. The zero-order valence-electron chi connectivity index (χ0n) is 12.4. The van der Waals surface area contributed by atoms with Crippen LogP contribution in [0.1, 0.15) is 5.56 Å². The number of benzene rings is 2. The molecule has 0 bridgehead atoms. The van der Waals surface area contributed by atoms with Gasteiger partial charge in [-0.05, 0) is 30.3 Å². The van der Waals surface area contributed by atoms with E-state index in [4.69, 9.17) is 16.3 Å². The Kier molecular flexibility index (Phi) is 5.82. The van der Waals surface area contributed by atoms with Crippen LogP contribution in [0.2, 0.25) is 5.02 Å². The number of hydrazone groups is 1. The van der Waals surface area contributed by atoms with Crippen LogP contribution < -0.4 is 15.5 Å². The molecule has 2 rings (SSSR count). The van der Waals surface area contributed by atoms with E-state index in [1.165, 1.54) is 13.3 Å². The summed E-state index contributed by atoms with van der Waals surface area (Å²) < 4.78 is 4.99. The highest BCUT2D eigenvalue weighted by molar-refractivity contribution is 6.30. The number of rotatable bonds is 6. The minimum atomic E-state index is -0.330. The Hall–Kier alpha value is -2.73. The van der Waals surface area contributed by atoms with E-state index in [1.54, 1.807) is 42.5 Å². The Morgan fingerprint density at radius 2 is 2.13 bits per heavy atom. The van der Waals surface area contributed by atoms with Gasteiger partial charge in [0.2, 0.25) is 0 Å². The van der Waals surface area contributed by atoms with Crippen molar-refractivity contribution >= 4 is 29.4 Å². The molecule has 2 aromatic rings. The normalized spacial score (nSPS) is 10.5. The van der Waals surface area contributed by atoms with Crippen molar-refractivity contribution in [2.24, 2.45) is 5.10 Å². The van der Waals surface area contributed by atoms with Gasteiger partial charge in [-0.2, -0.15) is 5.10 Å². The van der Waals surface area contributed by atoms with E-state index in [-0.39, 0.29) is 18.2 Å². The second-order valence-electron chi connectivity index (χ2n) is 4.56. The van der Waals surface area contributed by atoms with Crippen molar-refractivity contribution < 1.29 is 14.6 Å². The highest BCUT2D eigenvalue weighted by atomic mass is 35.5. The van der Waals surface area contributed by atoms with Crippen molar-refractivity contribution in [3.8, 4) is 11.5 Å². The first-order chi connectivity index (χ1) is 11.1. The molecule has 0 unspecified atom stereocenters. The van der Waals surface area contributed by atoms with Crippen LogP contribution in [-0.2, 0) is 4.79 Å². The molecule has 120 valence electrons. The number of methoxy groups -OCH3 is 1. The fraction of sp³-hybridized carbons (Fsp3) is 0.125. The number of carbonyl (C=O) groups excluding carboxylic acids is 1. The summed E-state index contributed by atoms with van der Waals surface area (Å²) in [4.78, 5) is 11.7. The smallest absolute Gasteiger partial charge is 0.259 e. The monoisotopic (exact) mass is 333 g/mol. The number of anilines is 1. The van der Waals surface area contributed by atoms with Gasteiger partial charge < -0.3 is 15.2 Å². The molecular weight excluding hydrogens is 318 g/mol. The molecule has 6 nitrogen and oxygen atoms in total. The zero-order valence-corrected chi connectivity index (χ0v) is 13.2. The number of hydrogen-bond donors (Lipinski definition) is 3. The van der Waals surface area contributed by atoms with Crippen molar-refractivity contribution in [2.75, 3.05) is 19.0 Å². The molecule has 0 aliphatic heterocycles. The highest BCUT2D eigenvalue weighted by Gasteiger charge is 2.05. The molecule has 23 heavy (non-hydrogen) atoms. The second kappa shape index (κ2) is 8.05. The van der Waals surface area contributed by atoms with E-state index in [0.29, 0.717) is 16.3 Å². The van der Waals surface area contributed by atoms with Gasteiger partial charge in [0.25, 0.3) is 5.91 Å². The second-order valence-corrected chi connectivity index (χ2v) is 4.99. The fourth-order valence-electron chi connectivity index (χ4n) is 1.80. The van der Waals surface area contributed by atoms with E-state index in [9.17, 15) is 9.90 Å². The van der Waals surface area contributed by atoms with Crippen molar-refractivity contribution in [3.63, 3.8) is 0 Å². The van der Waals surface area contributed by atoms with Crippen molar-refractivity contribution in [2.45, 2.75) is 0 Å². The van der Waals surface area contributed by atoms with Gasteiger partial charge in [0.15, 0.2) is 11.5 Å². The highest BCUT2D eigenvalue weighted by Crippen LogP contribution is 2.27. The molecule has 0 radical (unpaired) electrons. The van der Waals surface area contributed by atoms with Crippen molar-refractivity contribution in [3.05, 3.63) is 53.1 Å². The predicted molar refractivity (Wildman–Crippen MR) is 90.3 cm³/mol. The van der Waals surface area contributed by atoms with Gasteiger partial charge in [-0.1, -0.05) is 23.7 Å². The lowest BCUT2D eigenvalue weighted by atomic mass is 10.2. The minimum absolute atomic E-state index is 0.0370. The lowest BCUT2D eigenvalue weighted by molar-refractivity contribution is -0.119. The molecule has 0 aromatic heterocycles. The standard InChI is InChI=1S/C16H16ClN3O3/c1-23-14-7-2-4-11(16(14)22)9-19-20-15(21)10-18-13-6-3-5-12(17)8-13/h2-9,18,22H,10H2,1H3,(H,20,21). The maximum absolute atomic E-state index is 11.7. The third-order valence-electron chi connectivity index (χ3n) is 2.92. The van der Waals surface area contributed by atoms with E-state index in [2.05, 4.69) is 15.8 Å². The van der Waals surface area contributed by atoms with Crippen LogP contribution >= 0.6 is 11.6 Å². The SMILES string of the molecule is COc1cccc(C=NNC(=O)CNc2cccc(Cl)c2)c1O. The quantitative estimate of drug-likeness (QED) is 0.560.